The van der Waals surface area contributed by atoms with Crippen molar-refractivity contribution in [1.29, 1.82) is 0 Å². The maximum atomic E-state index is 13.5. The van der Waals surface area contributed by atoms with Gasteiger partial charge in [0.2, 0.25) is 5.91 Å². The van der Waals surface area contributed by atoms with Crippen LogP contribution in [-0.2, 0) is 15.0 Å². The predicted octanol–water partition coefficient (Wildman–Crippen LogP) is 3.90. The number of rotatable bonds is 5. The van der Waals surface area contributed by atoms with Crippen LogP contribution < -0.4 is 10.1 Å². The molecule has 2 unspecified atom stereocenters. The molecule has 5 aliphatic rings. The molecular formula is C24H31NO4. The zero-order chi connectivity index (χ0) is 20.2. The molecular weight excluding hydrogens is 366 g/mol. The van der Waals surface area contributed by atoms with E-state index in [0.29, 0.717) is 24.7 Å². The number of amides is 1. The van der Waals surface area contributed by atoms with Crippen molar-refractivity contribution in [3.05, 3.63) is 29.8 Å². The van der Waals surface area contributed by atoms with Crippen molar-refractivity contribution in [2.45, 2.75) is 69.2 Å². The van der Waals surface area contributed by atoms with E-state index in [0.717, 1.165) is 31.4 Å². The highest BCUT2D eigenvalue weighted by Gasteiger charge is 2.61. The van der Waals surface area contributed by atoms with Gasteiger partial charge in [0, 0.05) is 6.04 Å². The molecule has 29 heavy (non-hydrogen) atoms. The summed E-state index contributed by atoms with van der Waals surface area (Å²) < 4.78 is 5.34. The van der Waals surface area contributed by atoms with Gasteiger partial charge in [-0.2, -0.15) is 0 Å². The van der Waals surface area contributed by atoms with E-state index in [1.54, 1.807) is 7.11 Å². The fraction of sp³-hybridized carbons (Fsp3) is 0.667. The maximum Gasteiger partial charge on any atom is 0.306 e. The minimum atomic E-state index is -0.727. The van der Waals surface area contributed by atoms with E-state index < -0.39 is 5.97 Å². The Kier molecular flexibility index (Phi) is 4.41. The summed E-state index contributed by atoms with van der Waals surface area (Å²) in [7, 11) is 1.69. The average Bonchev–Trinajstić information content (AvgIpc) is 3.16. The second-order valence-corrected chi connectivity index (χ2v) is 10.3. The van der Waals surface area contributed by atoms with Crippen LogP contribution in [0.15, 0.2) is 24.3 Å². The predicted molar refractivity (Wildman–Crippen MR) is 109 cm³/mol. The van der Waals surface area contributed by atoms with E-state index in [9.17, 15) is 14.7 Å². The van der Waals surface area contributed by atoms with Crippen LogP contribution in [0.3, 0.4) is 0 Å². The van der Waals surface area contributed by atoms with Crippen LogP contribution in [0.1, 0.15) is 63.4 Å². The fourth-order valence-electron chi connectivity index (χ4n) is 7.49. The third kappa shape index (κ3) is 3.13. The first-order valence-corrected chi connectivity index (χ1v) is 11.1. The molecule has 4 atom stereocenters. The lowest BCUT2D eigenvalue weighted by atomic mass is 9.42. The first-order chi connectivity index (χ1) is 13.9. The summed E-state index contributed by atoms with van der Waals surface area (Å²) in [5.41, 5.74) is 1.19. The molecule has 0 heterocycles. The summed E-state index contributed by atoms with van der Waals surface area (Å²) >= 11 is 0. The zero-order valence-electron chi connectivity index (χ0n) is 17.2. The van der Waals surface area contributed by atoms with Gasteiger partial charge in [0.15, 0.2) is 0 Å². The standard InChI is InChI=1S/C24H31NO4/c1-29-20-6-3-18(4-7-20)23-10-15-8-16(11-23)13-24(12-15,14-23)22(28)25-19-5-2-17(9-19)21(26)27/h3-4,6-7,15-17,19H,2,5,8-14H2,1H3,(H,25,28)(H,26,27)/t15?,16?,17-,19+,23?,24?/m0/s1. The van der Waals surface area contributed by atoms with Crippen LogP contribution in [0.25, 0.3) is 0 Å². The molecule has 1 aromatic rings. The van der Waals surface area contributed by atoms with Crippen LogP contribution >= 0.6 is 0 Å². The Morgan fingerprint density at radius 2 is 1.72 bits per heavy atom. The molecule has 0 spiro atoms. The van der Waals surface area contributed by atoms with Gasteiger partial charge in [-0.1, -0.05) is 12.1 Å². The van der Waals surface area contributed by atoms with Crippen LogP contribution in [0.4, 0.5) is 0 Å². The van der Waals surface area contributed by atoms with Gasteiger partial charge in [0.25, 0.3) is 0 Å². The van der Waals surface area contributed by atoms with Crippen LogP contribution in [0.2, 0.25) is 0 Å². The second-order valence-electron chi connectivity index (χ2n) is 10.3. The first kappa shape index (κ1) is 19.0. The molecule has 6 rings (SSSR count). The molecule has 4 bridgehead atoms. The molecule has 0 radical (unpaired) electrons. The topological polar surface area (TPSA) is 75.6 Å². The molecule has 1 aromatic carbocycles. The van der Waals surface area contributed by atoms with Gasteiger partial charge in [-0.3, -0.25) is 9.59 Å². The molecule has 5 aliphatic carbocycles. The quantitative estimate of drug-likeness (QED) is 0.790. The molecule has 5 nitrogen and oxygen atoms in total. The van der Waals surface area contributed by atoms with Crippen LogP contribution in [0.5, 0.6) is 5.75 Å². The van der Waals surface area contributed by atoms with E-state index in [2.05, 4.69) is 17.4 Å². The van der Waals surface area contributed by atoms with E-state index in [1.807, 2.05) is 12.1 Å². The van der Waals surface area contributed by atoms with Gasteiger partial charge in [-0.05, 0) is 92.7 Å². The number of benzene rings is 1. The monoisotopic (exact) mass is 397 g/mol. The van der Waals surface area contributed by atoms with Gasteiger partial charge < -0.3 is 15.2 Å². The van der Waals surface area contributed by atoms with E-state index in [-0.39, 0.29) is 28.7 Å². The summed E-state index contributed by atoms with van der Waals surface area (Å²) in [6.45, 7) is 0. The average molecular weight is 398 g/mol. The third-order valence-electron chi connectivity index (χ3n) is 8.36. The smallest absolute Gasteiger partial charge is 0.306 e. The Labute approximate surface area is 172 Å². The van der Waals surface area contributed by atoms with E-state index in [4.69, 9.17) is 4.74 Å². The Hall–Kier alpha value is -2.04. The summed E-state index contributed by atoms with van der Waals surface area (Å²) in [4.78, 5) is 24.8. The van der Waals surface area contributed by atoms with Gasteiger partial charge in [0.05, 0.1) is 18.4 Å². The van der Waals surface area contributed by atoms with Crippen molar-refractivity contribution in [1.82, 2.24) is 5.32 Å². The molecule has 0 saturated heterocycles. The van der Waals surface area contributed by atoms with Crippen molar-refractivity contribution in [3.8, 4) is 5.75 Å². The maximum absolute atomic E-state index is 13.5. The number of aliphatic carboxylic acids is 1. The third-order valence-corrected chi connectivity index (χ3v) is 8.36. The lowest BCUT2D eigenvalue weighted by molar-refractivity contribution is -0.150. The Morgan fingerprint density at radius 1 is 1.03 bits per heavy atom. The van der Waals surface area contributed by atoms with Crippen molar-refractivity contribution in [2.24, 2.45) is 23.2 Å². The van der Waals surface area contributed by atoms with Crippen LogP contribution in [0, 0.1) is 23.2 Å². The Balaban J connectivity index is 1.37. The van der Waals surface area contributed by atoms with Crippen LogP contribution in [-0.4, -0.2) is 30.1 Å². The fourth-order valence-corrected chi connectivity index (χ4v) is 7.49. The number of hydrogen-bond acceptors (Lipinski definition) is 3. The minimum absolute atomic E-state index is 0.0218. The molecule has 2 N–H and O–H groups in total. The van der Waals surface area contributed by atoms with E-state index in [1.165, 1.54) is 24.8 Å². The molecule has 5 saturated carbocycles. The summed E-state index contributed by atoms with van der Waals surface area (Å²) in [6, 6.07) is 8.52. The highest BCUT2D eigenvalue weighted by Crippen LogP contribution is 2.65. The van der Waals surface area contributed by atoms with Crippen molar-refractivity contribution in [2.75, 3.05) is 7.11 Å². The first-order valence-electron chi connectivity index (χ1n) is 11.1. The Bertz CT molecular complexity index is 803. The highest BCUT2D eigenvalue weighted by atomic mass is 16.5. The molecule has 5 fully saturated rings. The lowest BCUT2D eigenvalue weighted by Crippen LogP contribution is -2.59. The number of carboxylic acid groups (broad SMARTS) is 1. The normalized spacial score (nSPS) is 40.0. The second kappa shape index (κ2) is 6.75. The summed E-state index contributed by atoms with van der Waals surface area (Å²) in [5, 5.41) is 12.6. The zero-order valence-corrected chi connectivity index (χ0v) is 17.2. The molecule has 5 heteroatoms. The number of carboxylic acids is 1. The van der Waals surface area contributed by atoms with Gasteiger partial charge in [0.1, 0.15) is 5.75 Å². The lowest BCUT2D eigenvalue weighted by Gasteiger charge is -2.61. The highest BCUT2D eigenvalue weighted by molar-refractivity contribution is 5.84. The number of nitrogens with one attached hydrogen (secondary N) is 1. The molecule has 0 aliphatic heterocycles. The van der Waals surface area contributed by atoms with Crippen molar-refractivity contribution < 1.29 is 19.4 Å². The largest absolute Gasteiger partial charge is 0.497 e. The summed E-state index contributed by atoms with van der Waals surface area (Å²) in [5.74, 6) is 1.29. The van der Waals surface area contributed by atoms with Gasteiger partial charge in [-0.15, -0.1) is 0 Å². The Morgan fingerprint density at radius 3 is 2.31 bits per heavy atom. The summed E-state index contributed by atoms with van der Waals surface area (Å²) in [6.07, 6.45) is 8.62. The number of carbonyl (C=O) groups excluding carboxylic acids is 1. The van der Waals surface area contributed by atoms with Gasteiger partial charge in [-0.25, -0.2) is 0 Å². The number of methoxy groups -OCH3 is 1. The molecule has 156 valence electrons. The van der Waals surface area contributed by atoms with Crippen molar-refractivity contribution >= 4 is 11.9 Å². The number of carbonyl (C=O) groups is 2. The SMILES string of the molecule is COc1ccc(C23CC4CC(CC(C(=O)N[C@@H]5CC[C@H](C(=O)O)C5)(C4)C2)C3)cc1. The molecule has 1 amide bonds. The van der Waals surface area contributed by atoms with Gasteiger partial charge >= 0.3 is 5.97 Å². The van der Waals surface area contributed by atoms with E-state index >= 15 is 0 Å². The molecule has 0 aromatic heterocycles. The minimum Gasteiger partial charge on any atom is -0.497 e. The van der Waals surface area contributed by atoms with Crippen molar-refractivity contribution in [3.63, 3.8) is 0 Å². The number of ether oxygens (including phenoxy) is 1. The number of hydrogen-bond donors (Lipinski definition) is 2.